The zero-order valence-electron chi connectivity index (χ0n) is 13.3. The first-order valence-electron chi connectivity index (χ1n) is 7.53. The van der Waals surface area contributed by atoms with Crippen LogP contribution in [0.1, 0.15) is 49.5 Å². The van der Waals surface area contributed by atoms with Gasteiger partial charge in [0, 0.05) is 18.2 Å². The Kier molecular flexibility index (Phi) is 5.12. The van der Waals surface area contributed by atoms with Crippen molar-refractivity contribution in [2.75, 3.05) is 6.54 Å². The van der Waals surface area contributed by atoms with Crippen LogP contribution in [0.5, 0.6) is 0 Å². The normalized spacial score (nSPS) is 14.5. The van der Waals surface area contributed by atoms with E-state index in [-0.39, 0.29) is 12.1 Å². The maximum atomic E-state index is 12.3. The summed E-state index contributed by atoms with van der Waals surface area (Å²) in [4.78, 5) is 25.0. The van der Waals surface area contributed by atoms with Gasteiger partial charge < -0.3 is 9.64 Å². The fourth-order valence-corrected chi connectivity index (χ4v) is 2.38. The molecule has 1 aliphatic carbocycles. The molecule has 0 aromatic heterocycles. The molecule has 2 rings (SSSR count). The third-order valence-corrected chi connectivity index (χ3v) is 3.79. The Labute approximate surface area is 136 Å². The summed E-state index contributed by atoms with van der Waals surface area (Å²) in [7, 11) is 0. The number of hydrogen-bond acceptors (Lipinski definition) is 3. The van der Waals surface area contributed by atoms with Gasteiger partial charge >= 0.3 is 6.09 Å². The predicted octanol–water partition coefficient (Wildman–Crippen LogP) is 4.09. The molecule has 0 unspecified atom stereocenters. The van der Waals surface area contributed by atoms with Crippen molar-refractivity contribution in [1.82, 2.24) is 4.90 Å². The standard InChI is InChI=1S/C17H22ClNO3/c1-17(2,3)22-16(21)19(14-5-6-14)9-8-12-4-7-15(18)13(10-12)11-20/h4,7,10-11,14H,5-6,8-9H2,1-3H3. The number of halogens is 1. The minimum atomic E-state index is -0.491. The third kappa shape index (κ3) is 4.73. The monoisotopic (exact) mass is 323 g/mol. The Morgan fingerprint density at radius 2 is 2.09 bits per heavy atom. The molecular formula is C17H22ClNO3. The zero-order valence-corrected chi connectivity index (χ0v) is 14.0. The minimum Gasteiger partial charge on any atom is -0.444 e. The van der Waals surface area contributed by atoms with Gasteiger partial charge in [-0.1, -0.05) is 17.7 Å². The molecule has 0 spiro atoms. The fraction of sp³-hybridized carbons (Fsp3) is 0.529. The highest BCUT2D eigenvalue weighted by molar-refractivity contribution is 6.32. The lowest BCUT2D eigenvalue weighted by Gasteiger charge is -2.27. The molecule has 22 heavy (non-hydrogen) atoms. The van der Waals surface area contributed by atoms with Crippen molar-refractivity contribution < 1.29 is 14.3 Å². The first-order valence-corrected chi connectivity index (χ1v) is 7.91. The Bertz CT molecular complexity index is 562. The third-order valence-electron chi connectivity index (χ3n) is 3.44. The molecule has 1 saturated carbocycles. The molecule has 4 nitrogen and oxygen atoms in total. The number of hydrogen-bond donors (Lipinski definition) is 0. The summed E-state index contributed by atoms with van der Waals surface area (Å²) in [6, 6.07) is 5.66. The molecule has 0 saturated heterocycles. The van der Waals surface area contributed by atoms with Crippen LogP contribution in [0.2, 0.25) is 5.02 Å². The van der Waals surface area contributed by atoms with E-state index in [4.69, 9.17) is 16.3 Å². The van der Waals surface area contributed by atoms with Crippen LogP contribution in [-0.4, -0.2) is 35.5 Å². The molecule has 0 heterocycles. The van der Waals surface area contributed by atoms with E-state index in [2.05, 4.69) is 0 Å². The summed E-state index contributed by atoms with van der Waals surface area (Å²) < 4.78 is 5.46. The molecule has 0 radical (unpaired) electrons. The van der Waals surface area contributed by atoms with E-state index >= 15 is 0 Å². The number of benzene rings is 1. The van der Waals surface area contributed by atoms with Gasteiger partial charge in [0.1, 0.15) is 5.60 Å². The summed E-state index contributed by atoms with van der Waals surface area (Å²) in [6.07, 6.45) is 3.21. The Morgan fingerprint density at radius 1 is 1.41 bits per heavy atom. The molecule has 0 aliphatic heterocycles. The SMILES string of the molecule is CC(C)(C)OC(=O)N(CCc1ccc(Cl)c(C=O)c1)C1CC1. The average molecular weight is 324 g/mol. The van der Waals surface area contributed by atoms with Crippen LogP contribution in [0, 0.1) is 0 Å². The maximum Gasteiger partial charge on any atom is 0.410 e. The number of amides is 1. The quantitative estimate of drug-likeness (QED) is 0.767. The van der Waals surface area contributed by atoms with Crippen molar-refractivity contribution in [1.29, 1.82) is 0 Å². The number of rotatable bonds is 5. The van der Waals surface area contributed by atoms with Crippen molar-refractivity contribution >= 4 is 24.0 Å². The van der Waals surface area contributed by atoms with Crippen molar-refractivity contribution in [3.05, 3.63) is 34.3 Å². The lowest BCUT2D eigenvalue weighted by Crippen LogP contribution is -2.39. The topological polar surface area (TPSA) is 46.6 Å². The summed E-state index contributed by atoms with van der Waals surface area (Å²) in [5.74, 6) is 0. The van der Waals surface area contributed by atoms with Crippen LogP contribution in [0.15, 0.2) is 18.2 Å². The van der Waals surface area contributed by atoms with Gasteiger partial charge in [-0.25, -0.2) is 4.79 Å². The summed E-state index contributed by atoms with van der Waals surface area (Å²) in [5, 5.41) is 0.449. The van der Waals surface area contributed by atoms with Gasteiger partial charge in [0.05, 0.1) is 5.02 Å². The second kappa shape index (κ2) is 6.69. The van der Waals surface area contributed by atoms with E-state index in [1.807, 2.05) is 26.8 Å². The summed E-state index contributed by atoms with van der Waals surface area (Å²) >= 11 is 5.93. The van der Waals surface area contributed by atoms with Gasteiger partial charge in [-0.05, 0) is 57.7 Å². The number of aldehydes is 1. The smallest absolute Gasteiger partial charge is 0.410 e. The molecule has 1 aromatic rings. The molecule has 1 aromatic carbocycles. The van der Waals surface area contributed by atoms with Gasteiger partial charge in [0.25, 0.3) is 0 Å². The molecule has 0 atom stereocenters. The van der Waals surface area contributed by atoms with Crippen molar-refractivity contribution in [3.8, 4) is 0 Å². The van der Waals surface area contributed by atoms with E-state index in [0.29, 0.717) is 23.6 Å². The van der Waals surface area contributed by atoms with Crippen LogP contribution in [0.25, 0.3) is 0 Å². The van der Waals surface area contributed by atoms with Gasteiger partial charge in [-0.15, -0.1) is 0 Å². The maximum absolute atomic E-state index is 12.3. The predicted molar refractivity (Wildman–Crippen MR) is 86.5 cm³/mol. The van der Waals surface area contributed by atoms with Crippen molar-refractivity contribution in [2.45, 2.75) is 51.7 Å². The Balaban J connectivity index is 2.00. The number of ether oxygens (including phenoxy) is 1. The largest absolute Gasteiger partial charge is 0.444 e. The van der Waals surface area contributed by atoms with Crippen LogP contribution in [-0.2, 0) is 11.2 Å². The van der Waals surface area contributed by atoms with Crippen LogP contribution in [0.3, 0.4) is 0 Å². The van der Waals surface area contributed by atoms with Gasteiger partial charge in [0.2, 0.25) is 0 Å². The van der Waals surface area contributed by atoms with Crippen molar-refractivity contribution in [3.63, 3.8) is 0 Å². The highest BCUT2D eigenvalue weighted by Gasteiger charge is 2.34. The molecule has 5 heteroatoms. The lowest BCUT2D eigenvalue weighted by molar-refractivity contribution is 0.0236. The molecular weight excluding hydrogens is 302 g/mol. The molecule has 0 N–H and O–H groups in total. The molecule has 1 aliphatic rings. The Hall–Kier alpha value is -1.55. The minimum absolute atomic E-state index is 0.264. The van der Waals surface area contributed by atoms with E-state index in [1.165, 1.54) is 0 Å². The van der Waals surface area contributed by atoms with Crippen LogP contribution >= 0.6 is 11.6 Å². The van der Waals surface area contributed by atoms with Gasteiger partial charge in [-0.3, -0.25) is 4.79 Å². The number of carbonyl (C=O) groups is 2. The van der Waals surface area contributed by atoms with E-state index in [1.54, 1.807) is 17.0 Å². The zero-order chi connectivity index (χ0) is 16.3. The first-order chi connectivity index (χ1) is 10.3. The molecule has 120 valence electrons. The molecule has 1 amide bonds. The average Bonchev–Trinajstić information content (AvgIpc) is 3.23. The first kappa shape index (κ1) is 16.8. The van der Waals surface area contributed by atoms with E-state index in [9.17, 15) is 9.59 Å². The van der Waals surface area contributed by atoms with Gasteiger partial charge in [0.15, 0.2) is 6.29 Å². The van der Waals surface area contributed by atoms with E-state index in [0.717, 1.165) is 24.7 Å². The second-order valence-electron chi connectivity index (χ2n) is 6.63. The lowest BCUT2D eigenvalue weighted by atomic mass is 10.1. The second-order valence-corrected chi connectivity index (χ2v) is 7.04. The number of carbonyl (C=O) groups excluding carboxylic acids is 2. The highest BCUT2D eigenvalue weighted by atomic mass is 35.5. The molecule has 0 bridgehead atoms. The highest BCUT2D eigenvalue weighted by Crippen LogP contribution is 2.28. The summed E-state index contributed by atoms with van der Waals surface area (Å²) in [6.45, 7) is 6.18. The summed E-state index contributed by atoms with van der Waals surface area (Å²) in [5.41, 5.74) is 0.977. The van der Waals surface area contributed by atoms with E-state index < -0.39 is 5.60 Å². The molecule has 1 fully saturated rings. The van der Waals surface area contributed by atoms with Crippen LogP contribution < -0.4 is 0 Å². The fourth-order valence-electron chi connectivity index (χ4n) is 2.22. The van der Waals surface area contributed by atoms with Crippen LogP contribution in [0.4, 0.5) is 4.79 Å². The Morgan fingerprint density at radius 3 is 2.64 bits per heavy atom. The van der Waals surface area contributed by atoms with Crippen molar-refractivity contribution in [2.24, 2.45) is 0 Å². The van der Waals surface area contributed by atoms with Gasteiger partial charge in [-0.2, -0.15) is 0 Å². The number of nitrogens with zero attached hydrogens (tertiary/aromatic N) is 1.